The lowest BCUT2D eigenvalue weighted by Crippen LogP contribution is -2.34. The van der Waals surface area contributed by atoms with E-state index >= 15 is 0 Å². The molecule has 3 N–H and O–H groups in total. The first-order chi connectivity index (χ1) is 13.2. The van der Waals surface area contributed by atoms with Crippen molar-refractivity contribution in [3.05, 3.63) is 41.5 Å². The number of aromatic nitrogens is 5. The monoisotopic (exact) mass is 367 g/mol. The van der Waals surface area contributed by atoms with E-state index in [0.717, 1.165) is 41.9 Å². The molecule has 0 radical (unpaired) electrons. The molecular weight excluding hydrogens is 342 g/mol. The average Bonchev–Trinajstić information content (AvgIpc) is 3.30. The lowest BCUT2D eigenvalue weighted by Gasteiger charge is -2.23. The van der Waals surface area contributed by atoms with E-state index in [-0.39, 0.29) is 5.91 Å². The molecule has 1 saturated heterocycles. The van der Waals surface area contributed by atoms with Crippen LogP contribution >= 0.6 is 0 Å². The van der Waals surface area contributed by atoms with Gasteiger partial charge in [0.1, 0.15) is 5.82 Å². The molecule has 0 saturated carbocycles. The molecule has 2 aromatic heterocycles. The summed E-state index contributed by atoms with van der Waals surface area (Å²) in [7, 11) is 0. The van der Waals surface area contributed by atoms with Gasteiger partial charge in [-0.2, -0.15) is 0 Å². The van der Waals surface area contributed by atoms with Gasteiger partial charge in [0.2, 0.25) is 0 Å². The van der Waals surface area contributed by atoms with Gasteiger partial charge in [0.25, 0.3) is 5.91 Å². The van der Waals surface area contributed by atoms with Crippen LogP contribution in [0.15, 0.2) is 24.4 Å². The topological polar surface area (TPSA) is 101 Å². The fourth-order valence-corrected chi connectivity index (χ4v) is 3.54. The van der Waals surface area contributed by atoms with Gasteiger partial charge in [-0.25, -0.2) is 4.98 Å². The summed E-state index contributed by atoms with van der Waals surface area (Å²) in [6, 6.07) is 6.47. The number of piperidine rings is 1. The van der Waals surface area contributed by atoms with E-state index in [1.54, 1.807) is 10.9 Å². The zero-order valence-electron chi connectivity index (χ0n) is 15.5. The number of nitrogens with zero attached hydrogens (tertiary/aromatic N) is 4. The Balaban J connectivity index is 1.30. The van der Waals surface area contributed by atoms with Gasteiger partial charge in [-0.15, -0.1) is 5.10 Å². The summed E-state index contributed by atoms with van der Waals surface area (Å²) in [5.41, 5.74) is 3.26. The first-order valence-corrected chi connectivity index (χ1v) is 9.54. The molecule has 1 aromatic carbocycles. The second-order valence-electron chi connectivity index (χ2n) is 7.16. The Kier molecular flexibility index (Phi) is 5.15. The molecule has 1 aliphatic rings. The molecule has 3 aromatic rings. The number of amides is 1. The molecule has 8 nitrogen and oxygen atoms in total. The van der Waals surface area contributed by atoms with Crippen molar-refractivity contribution in [3.63, 3.8) is 0 Å². The van der Waals surface area contributed by atoms with E-state index in [0.29, 0.717) is 18.3 Å². The molecule has 1 atom stereocenters. The lowest BCUT2D eigenvalue weighted by molar-refractivity contribution is 0.0946. The van der Waals surface area contributed by atoms with Crippen molar-refractivity contribution in [1.29, 1.82) is 0 Å². The summed E-state index contributed by atoms with van der Waals surface area (Å²) in [4.78, 5) is 19.9. The van der Waals surface area contributed by atoms with Crippen molar-refractivity contribution in [2.24, 2.45) is 0 Å². The highest BCUT2D eigenvalue weighted by Crippen LogP contribution is 2.14. The normalized spacial score (nSPS) is 17.3. The smallest absolute Gasteiger partial charge is 0.273 e. The van der Waals surface area contributed by atoms with E-state index in [1.165, 1.54) is 19.3 Å². The molecule has 4 rings (SSSR count). The molecular formula is C19H25N7O. The zero-order chi connectivity index (χ0) is 18.6. The molecule has 142 valence electrons. The number of imidazole rings is 1. The summed E-state index contributed by atoms with van der Waals surface area (Å²) in [5.74, 6) is 0.671. The van der Waals surface area contributed by atoms with Crippen molar-refractivity contribution in [1.82, 2.24) is 35.6 Å². The van der Waals surface area contributed by atoms with Gasteiger partial charge in [0.05, 0.1) is 17.2 Å². The predicted molar refractivity (Wildman–Crippen MR) is 102 cm³/mol. The maximum Gasteiger partial charge on any atom is 0.273 e. The minimum absolute atomic E-state index is 0.210. The van der Waals surface area contributed by atoms with Gasteiger partial charge in [-0.05, 0) is 50.4 Å². The molecule has 0 bridgehead atoms. The molecule has 1 amide bonds. The number of nitrogens with one attached hydrogen (secondary N) is 3. The summed E-state index contributed by atoms with van der Waals surface area (Å²) in [6.07, 6.45) is 6.49. The number of H-pyrrole nitrogens is 1. The van der Waals surface area contributed by atoms with E-state index in [2.05, 4.69) is 30.9 Å². The highest BCUT2D eigenvalue weighted by molar-refractivity contribution is 5.91. The summed E-state index contributed by atoms with van der Waals surface area (Å²) >= 11 is 0. The number of carbonyl (C=O) groups is 1. The van der Waals surface area contributed by atoms with Crippen LogP contribution in [-0.2, 0) is 13.1 Å². The Morgan fingerprint density at radius 2 is 2.30 bits per heavy atom. The van der Waals surface area contributed by atoms with Crippen molar-refractivity contribution < 1.29 is 4.79 Å². The van der Waals surface area contributed by atoms with E-state index in [9.17, 15) is 4.79 Å². The van der Waals surface area contributed by atoms with Crippen molar-refractivity contribution in [2.45, 2.75) is 51.7 Å². The predicted octanol–water partition coefficient (Wildman–Crippen LogP) is 1.93. The van der Waals surface area contributed by atoms with Crippen LogP contribution in [0.3, 0.4) is 0 Å². The molecule has 8 heteroatoms. The van der Waals surface area contributed by atoms with Crippen LogP contribution in [0.5, 0.6) is 0 Å². The van der Waals surface area contributed by atoms with E-state index < -0.39 is 0 Å². The maximum atomic E-state index is 12.3. The average molecular weight is 367 g/mol. The van der Waals surface area contributed by atoms with Gasteiger partial charge in [-0.3, -0.25) is 9.48 Å². The number of rotatable bonds is 6. The number of fused-ring (bicyclic) bond motifs is 1. The molecule has 0 aliphatic carbocycles. The van der Waals surface area contributed by atoms with Crippen LogP contribution in [0, 0.1) is 6.92 Å². The Hall–Kier alpha value is -2.74. The third-order valence-electron chi connectivity index (χ3n) is 5.01. The fraction of sp³-hybridized carbons (Fsp3) is 0.474. The van der Waals surface area contributed by atoms with Crippen LogP contribution in [0.4, 0.5) is 0 Å². The molecule has 1 aliphatic heterocycles. The first-order valence-electron chi connectivity index (χ1n) is 9.54. The van der Waals surface area contributed by atoms with Gasteiger partial charge in [0.15, 0.2) is 5.69 Å². The van der Waals surface area contributed by atoms with Crippen LogP contribution in [-0.4, -0.2) is 43.5 Å². The maximum absolute atomic E-state index is 12.3. The third-order valence-corrected chi connectivity index (χ3v) is 5.01. The molecule has 1 fully saturated rings. The lowest BCUT2D eigenvalue weighted by atomic mass is 10.0. The third kappa shape index (κ3) is 4.33. The van der Waals surface area contributed by atoms with Crippen molar-refractivity contribution in [2.75, 3.05) is 6.54 Å². The van der Waals surface area contributed by atoms with Crippen LogP contribution < -0.4 is 10.6 Å². The molecule has 0 unspecified atom stereocenters. The van der Waals surface area contributed by atoms with Crippen LogP contribution in [0.1, 0.15) is 47.6 Å². The summed E-state index contributed by atoms with van der Waals surface area (Å²) in [5, 5.41) is 14.5. The van der Waals surface area contributed by atoms with Gasteiger partial charge in [-0.1, -0.05) is 17.7 Å². The number of hydrogen-bond acceptors (Lipinski definition) is 5. The minimum Gasteiger partial charge on any atom is -0.347 e. The van der Waals surface area contributed by atoms with Crippen molar-refractivity contribution in [3.8, 4) is 0 Å². The van der Waals surface area contributed by atoms with Gasteiger partial charge in [0, 0.05) is 19.1 Å². The Morgan fingerprint density at radius 1 is 1.37 bits per heavy atom. The van der Waals surface area contributed by atoms with Crippen LogP contribution in [0.25, 0.3) is 11.0 Å². The SMILES string of the molecule is Cc1nc2ccc(CNC(=O)c3cn(CC[C@@H]4CCCCN4)nn3)cc2[nH]1. The van der Waals surface area contributed by atoms with Gasteiger partial charge < -0.3 is 15.6 Å². The number of aromatic amines is 1. The highest BCUT2D eigenvalue weighted by atomic mass is 16.2. The summed E-state index contributed by atoms with van der Waals surface area (Å²) in [6.45, 7) is 4.23. The second kappa shape index (κ2) is 7.87. The minimum atomic E-state index is -0.210. The zero-order valence-corrected chi connectivity index (χ0v) is 15.5. The Morgan fingerprint density at radius 3 is 3.15 bits per heavy atom. The molecule has 3 heterocycles. The number of carbonyl (C=O) groups excluding carboxylic acids is 1. The fourth-order valence-electron chi connectivity index (χ4n) is 3.54. The number of aryl methyl sites for hydroxylation is 2. The quantitative estimate of drug-likeness (QED) is 0.618. The standard InChI is InChI=1S/C19H25N7O/c1-13-22-16-6-5-14(10-17(16)23-13)11-21-19(27)18-12-26(25-24-18)9-7-15-4-2-3-8-20-15/h5-6,10,12,15,20H,2-4,7-9,11H2,1H3,(H,21,27)(H,22,23)/t15-/m0/s1. The van der Waals surface area contributed by atoms with E-state index in [1.807, 2.05) is 25.1 Å². The highest BCUT2D eigenvalue weighted by Gasteiger charge is 2.14. The van der Waals surface area contributed by atoms with Gasteiger partial charge >= 0.3 is 0 Å². The molecule has 27 heavy (non-hydrogen) atoms. The van der Waals surface area contributed by atoms with E-state index in [4.69, 9.17) is 0 Å². The van der Waals surface area contributed by atoms with Crippen LogP contribution in [0.2, 0.25) is 0 Å². The first kappa shape index (κ1) is 17.7. The Labute approximate surface area is 157 Å². The largest absolute Gasteiger partial charge is 0.347 e. The number of hydrogen-bond donors (Lipinski definition) is 3. The second-order valence-corrected chi connectivity index (χ2v) is 7.16. The summed E-state index contributed by atoms with van der Waals surface area (Å²) < 4.78 is 1.75. The molecule has 0 spiro atoms. The van der Waals surface area contributed by atoms with Crippen molar-refractivity contribution >= 4 is 16.9 Å². The number of benzene rings is 1. The Bertz CT molecular complexity index is 923.